The molecule has 0 aromatic rings. The first kappa shape index (κ1) is 18.5. The Kier molecular flexibility index (Phi) is 13.5. The van der Waals surface area contributed by atoms with Crippen LogP contribution >= 0.6 is 0 Å². The van der Waals surface area contributed by atoms with E-state index in [4.69, 9.17) is 4.74 Å². The van der Waals surface area contributed by atoms with Crippen molar-refractivity contribution in [1.29, 1.82) is 0 Å². The highest BCUT2D eigenvalue weighted by Crippen LogP contribution is 2.13. The molecule has 2 nitrogen and oxygen atoms in total. The van der Waals surface area contributed by atoms with E-state index in [1.54, 1.807) is 0 Å². The monoisotopic (exact) mass is 270 g/mol. The first-order valence-electron chi connectivity index (χ1n) is 8.44. The fraction of sp³-hybridized carbons (Fsp3) is 0.941. The minimum atomic E-state index is 0.0128. The van der Waals surface area contributed by atoms with Crippen LogP contribution < -0.4 is 0 Å². The summed E-state index contributed by atoms with van der Waals surface area (Å²) >= 11 is 0. The van der Waals surface area contributed by atoms with Crippen molar-refractivity contribution in [3.63, 3.8) is 0 Å². The van der Waals surface area contributed by atoms with Crippen LogP contribution in [0.3, 0.4) is 0 Å². The first-order valence-corrected chi connectivity index (χ1v) is 8.44. The summed E-state index contributed by atoms with van der Waals surface area (Å²) in [4.78, 5) is 11.7. The molecule has 0 radical (unpaired) electrons. The van der Waals surface area contributed by atoms with E-state index in [1.807, 2.05) is 0 Å². The van der Waals surface area contributed by atoms with Crippen LogP contribution in [0.1, 0.15) is 97.8 Å². The molecule has 0 N–H and O–H groups in total. The van der Waals surface area contributed by atoms with Crippen molar-refractivity contribution in [3.05, 3.63) is 0 Å². The topological polar surface area (TPSA) is 26.3 Å². The van der Waals surface area contributed by atoms with Gasteiger partial charge in [-0.15, -0.1) is 0 Å². The lowest BCUT2D eigenvalue weighted by Crippen LogP contribution is -2.17. The number of unbranched alkanes of at least 4 members (excludes halogenated alkanes) is 7. The summed E-state index contributed by atoms with van der Waals surface area (Å²) in [5.74, 6) is 0.0128. The summed E-state index contributed by atoms with van der Waals surface area (Å²) < 4.78 is 5.55. The number of hydrogen-bond donors (Lipinski definition) is 0. The van der Waals surface area contributed by atoms with E-state index in [9.17, 15) is 4.79 Å². The van der Waals surface area contributed by atoms with Crippen molar-refractivity contribution in [2.45, 2.75) is 104 Å². The summed E-state index contributed by atoms with van der Waals surface area (Å²) in [5.41, 5.74) is 0. The molecule has 0 aliphatic heterocycles. The SMILES string of the molecule is CCCCCCCC(=O)O[C@@H](CC)CCCCCC. The molecule has 0 heterocycles. The molecule has 0 spiro atoms. The Labute approximate surface area is 120 Å². The second-order valence-electron chi connectivity index (χ2n) is 5.53. The number of carbonyl (C=O) groups excluding carboxylic acids is 1. The van der Waals surface area contributed by atoms with Gasteiger partial charge in [0.05, 0.1) is 0 Å². The van der Waals surface area contributed by atoms with E-state index in [0.29, 0.717) is 6.42 Å². The Hall–Kier alpha value is -0.530. The van der Waals surface area contributed by atoms with Gasteiger partial charge in [-0.3, -0.25) is 4.79 Å². The summed E-state index contributed by atoms with van der Waals surface area (Å²) in [6.07, 6.45) is 13.7. The highest BCUT2D eigenvalue weighted by Gasteiger charge is 2.11. The molecule has 1 atom stereocenters. The van der Waals surface area contributed by atoms with E-state index in [-0.39, 0.29) is 12.1 Å². The van der Waals surface area contributed by atoms with E-state index in [2.05, 4.69) is 20.8 Å². The van der Waals surface area contributed by atoms with Crippen LogP contribution in [0.15, 0.2) is 0 Å². The molecule has 0 fully saturated rings. The Balaban J connectivity index is 3.57. The number of ether oxygens (including phenoxy) is 1. The third-order valence-electron chi connectivity index (χ3n) is 3.62. The van der Waals surface area contributed by atoms with Gasteiger partial charge in [0.25, 0.3) is 0 Å². The standard InChI is InChI=1S/C17H34O2/c1-4-7-9-11-13-15-17(18)19-16(6-3)14-12-10-8-5-2/h16H,4-15H2,1-3H3/t16-/m0/s1. The first-order chi connectivity index (χ1) is 9.24. The van der Waals surface area contributed by atoms with Crippen LogP contribution in [-0.4, -0.2) is 12.1 Å². The second kappa shape index (κ2) is 13.9. The molecule has 0 unspecified atom stereocenters. The second-order valence-corrected chi connectivity index (χ2v) is 5.53. The molecule has 19 heavy (non-hydrogen) atoms. The lowest BCUT2D eigenvalue weighted by atomic mass is 10.1. The number of hydrogen-bond acceptors (Lipinski definition) is 2. The predicted molar refractivity (Wildman–Crippen MR) is 82.3 cm³/mol. The highest BCUT2D eigenvalue weighted by atomic mass is 16.5. The van der Waals surface area contributed by atoms with Crippen LogP contribution in [0, 0.1) is 0 Å². The molecule has 0 saturated carbocycles. The minimum absolute atomic E-state index is 0.0128. The average Bonchev–Trinajstić information content (AvgIpc) is 2.42. The zero-order chi connectivity index (χ0) is 14.3. The van der Waals surface area contributed by atoms with Gasteiger partial charge < -0.3 is 4.74 Å². The fourth-order valence-electron chi connectivity index (χ4n) is 2.26. The Morgan fingerprint density at radius 2 is 1.42 bits per heavy atom. The average molecular weight is 270 g/mol. The maximum absolute atomic E-state index is 11.7. The highest BCUT2D eigenvalue weighted by molar-refractivity contribution is 5.69. The molecule has 0 saturated heterocycles. The number of rotatable bonds is 13. The molecule has 0 rings (SSSR count). The van der Waals surface area contributed by atoms with Gasteiger partial charge in [-0.2, -0.15) is 0 Å². The van der Waals surface area contributed by atoms with Gasteiger partial charge in [0.15, 0.2) is 0 Å². The quantitative estimate of drug-likeness (QED) is 0.320. The molecule has 0 bridgehead atoms. The summed E-state index contributed by atoms with van der Waals surface area (Å²) in [5, 5.41) is 0. The molecule has 0 amide bonds. The van der Waals surface area contributed by atoms with E-state index in [0.717, 1.165) is 25.7 Å². The van der Waals surface area contributed by atoms with Gasteiger partial charge in [-0.1, -0.05) is 65.7 Å². The van der Waals surface area contributed by atoms with Gasteiger partial charge in [-0.25, -0.2) is 0 Å². The molecular weight excluding hydrogens is 236 g/mol. The zero-order valence-corrected chi connectivity index (χ0v) is 13.4. The molecular formula is C17H34O2. The fourth-order valence-corrected chi connectivity index (χ4v) is 2.26. The number of carbonyl (C=O) groups is 1. The van der Waals surface area contributed by atoms with Gasteiger partial charge in [0, 0.05) is 6.42 Å². The van der Waals surface area contributed by atoms with Gasteiger partial charge >= 0.3 is 5.97 Å². The maximum Gasteiger partial charge on any atom is 0.306 e. The summed E-state index contributed by atoms with van der Waals surface area (Å²) in [7, 11) is 0. The van der Waals surface area contributed by atoms with E-state index < -0.39 is 0 Å². The molecule has 0 aromatic heterocycles. The van der Waals surface area contributed by atoms with Crippen molar-refractivity contribution in [3.8, 4) is 0 Å². The predicted octanol–water partition coefficient (Wildman–Crippen LogP) is 5.64. The largest absolute Gasteiger partial charge is 0.462 e. The molecule has 2 heteroatoms. The lowest BCUT2D eigenvalue weighted by molar-refractivity contribution is -0.149. The van der Waals surface area contributed by atoms with Crippen molar-refractivity contribution >= 4 is 5.97 Å². The van der Waals surface area contributed by atoms with Gasteiger partial charge in [-0.05, 0) is 25.7 Å². The molecule has 0 aliphatic rings. The van der Waals surface area contributed by atoms with Gasteiger partial charge in [0.2, 0.25) is 0 Å². The third kappa shape index (κ3) is 12.3. The van der Waals surface area contributed by atoms with Crippen molar-refractivity contribution in [2.24, 2.45) is 0 Å². The Bertz CT molecular complexity index is 201. The van der Waals surface area contributed by atoms with Crippen LogP contribution in [0.4, 0.5) is 0 Å². The maximum atomic E-state index is 11.7. The Morgan fingerprint density at radius 3 is 2.00 bits per heavy atom. The molecule has 0 aliphatic carbocycles. The summed E-state index contributed by atoms with van der Waals surface area (Å²) in [6.45, 7) is 6.54. The minimum Gasteiger partial charge on any atom is -0.462 e. The summed E-state index contributed by atoms with van der Waals surface area (Å²) in [6, 6.07) is 0. The van der Waals surface area contributed by atoms with Crippen LogP contribution in [0.2, 0.25) is 0 Å². The molecule has 0 aromatic carbocycles. The normalized spacial score (nSPS) is 12.4. The van der Waals surface area contributed by atoms with Gasteiger partial charge in [0.1, 0.15) is 6.10 Å². The lowest BCUT2D eigenvalue weighted by Gasteiger charge is -2.16. The van der Waals surface area contributed by atoms with Crippen LogP contribution in [0.5, 0.6) is 0 Å². The van der Waals surface area contributed by atoms with Crippen LogP contribution in [-0.2, 0) is 9.53 Å². The third-order valence-corrected chi connectivity index (χ3v) is 3.62. The van der Waals surface area contributed by atoms with E-state index >= 15 is 0 Å². The number of esters is 1. The van der Waals surface area contributed by atoms with E-state index in [1.165, 1.54) is 44.9 Å². The Morgan fingerprint density at radius 1 is 0.842 bits per heavy atom. The zero-order valence-electron chi connectivity index (χ0n) is 13.4. The smallest absolute Gasteiger partial charge is 0.306 e. The van der Waals surface area contributed by atoms with Crippen LogP contribution in [0.25, 0.3) is 0 Å². The molecule has 114 valence electrons. The van der Waals surface area contributed by atoms with Crippen molar-refractivity contribution in [1.82, 2.24) is 0 Å². The van der Waals surface area contributed by atoms with Crippen molar-refractivity contribution < 1.29 is 9.53 Å². The van der Waals surface area contributed by atoms with Crippen molar-refractivity contribution in [2.75, 3.05) is 0 Å².